The number of benzene rings is 1. The molecule has 0 aliphatic heterocycles. The first-order chi connectivity index (χ1) is 12.7. The number of methoxy groups -OCH3 is 1. The highest BCUT2D eigenvalue weighted by Gasteiger charge is 2.21. The number of fused-ring (bicyclic) bond motifs is 1. The highest BCUT2D eigenvalue weighted by atomic mass is 32.1. The standard InChI is InChI=1S/C18H15N5O2S/c1-25-12-6-4-11(5-7-12)21-17-15(16(19)24)18-20-9-8-13(23(18)22-17)14-3-2-10-26-14/h2-10H,1H3,(H2,19,24)(H,21,22). The fourth-order valence-corrected chi connectivity index (χ4v) is 3.42. The number of nitrogens with two attached hydrogens (primary N) is 1. The number of carbonyl (C=O) groups excluding carboxylic acids is 1. The number of aromatic nitrogens is 3. The highest BCUT2D eigenvalue weighted by Crippen LogP contribution is 2.29. The first-order valence-corrected chi connectivity index (χ1v) is 8.68. The maximum Gasteiger partial charge on any atom is 0.256 e. The Balaban J connectivity index is 1.84. The molecule has 7 nitrogen and oxygen atoms in total. The Morgan fingerprint density at radius 3 is 2.69 bits per heavy atom. The van der Waals surface area contributed by atoms with Crippen LogP contribution in [-0.2, 0) is 0 Å². The number of amides is 1. The lowest BCUT2D eigenvalue weighted by atomic mass is 10.2. The Hall–Kier alpha value is -3.39. The lowest BCUT2D eigenvalue weighted by molar-refractivity contribution is 0.100. The van der Waals surface area contributed by atoms with Gasteiger partial charge in [0.2, 0.25) is 0 Å². The molecule has 0 unspecified atom stereocenters. The number of nitrogens with one attached hydrogen (secondary N) is 1. The van der Waals surface area contributed by atoms with Crippen molar-refractivity contribution in [3.05, 3.63) is 59.6 Å². The van der Waals surface area contributed by atoms with Crippen molar-refractivity contribution < 1.29 is 9.53 Å². The summed E-state index contributed by atoms with van der Waals surface area (Å²) < 4.78 is 6.79. The molecule has 0 spiro atoms. The van der Waals surface area contributed by atoms with Crippen LogP contribution in [0, 0.1) is 0 Å². The molecule has 26 heavy (non-hydrogen) atoms. The van der Waals surface area contributed by atoms with Gasteiger partial charge in [-0.2, -0.15) is 0 Å². The minimum Gasteiger partial charge on any atom is -0.497 e. The fraction of sp³-hybridized carbons (Fsp3) is 0.0556. The Morgan fingerprint density at radius 2 is 2.04 bits per heavy atom. The third-order valence-electron chi connectivity index (χ3n) is 3.89. The van der Waals surface area contributed by atoms with Gasteiger partial charge in [0.15, 0.2) is 11.5 Å². The first kappa shape index (κ1) is 16.1. The zero-order valence-electron chi connectivity index (χ0n) is 13.8. The van der Waals surface area contributed by atoms with E-state index in [1.807, 2.05) is 47.8 Å². The average molecular weight is 365 g/mol. The second kappa shape index (κ2) is 6.49. The lowest BCUT2D eigenvalue weighted by Gasteiger charge is -2.05. The van der Waals surface area contributed by atoms with Gasteiger partial charge in [-0.05, 0) is 41.8 Å². The topological polar surface area (TPSA) is 94.5 Å². The monoisotopic (exact) mass is 365 g/mol. The minimum atomic E-state index is -0.591. The van der Waals surface area contributed by atoms with Gasteiger partial charge in [-0.15, -0.1) is 16.4 Å². The van der Waals surface area contributed by atoms with Crippen molar-refractivity contribution in [3.8, 4) is 16.3 Å². The summed E-state index contributed by atoms with van der Waals surface area (Å²) in [6.07, 6.45) is 1.65. The first-order valence-electron chi connectivity index (χ1n) is 7.80. The zero-order valence-corrected chi connectivity index (χ0v) is 14.7. The molecule has 0 saturated heterocycles. The summed E-state index contributed by atoms with van der Waals surface area (Å²) in [6.45, 7) is 0. The molecule has 0 fully saturated rings. The van der Waals surface area contributed by atoms with E-state index in [0.717, 1.165) is 22.0 Å². The number of anilines is 2. The largest absolute Gasteiger partial charge is 0.497 e. The summed E-state index contributed by atoms with van der Waals surface area (Å²) in [6, 6.07) is 13.1. The Labute approximate surface area is 153 Å². The maximum absolute atomic E-state index is 12.1. The van der Waals surface area contributed by atoms with E-state index in [1.54, 1.807) is 29.2 Å². The van der Waals surface area contributed by atoms with E-state index in [-0.39, 0.29) is 5.56 Å². The molecular weight excluding hydrogens is 350 g/mol. The number of rotatable bonds is 5. The van der Waals surface area contributed by atoms with Gasteiger partial charge >= 0.3 is 0 Å². The highest BCUT2D eigenvalue weighted by molar-refractivity contribution is 7.13. The van der Waals surface area contributed by atoms with Crippen molar-refractivity contribution in [1.82, 2.24) is 14.6 Å². The van der Waals surface area contributed by atoms with Crippen LogP contribution in [0.1, 0.15) is 10.4 Å². The molecule has 3 N–H and O–H groups in total. The van der Waals surface area contributed by atoms with Gasteiger partial charge in [0.05, 0.1) is 17.7 Å². The van der Waals surface area contributed by atoms with E-state index >= 15 is 0 Å². The van der Waals surface area contributed by atoms with Crippen LogP contribution in [-0.4, -0.2) is 27.6 Å². The van der Waals surface area contributed by atoms with E-state index in [4.69, 9.17) is 10.5 Å². The number of carbonyl (C=O) groups is 1. The fourth-order valence-electron chi connectivity index (χ4n) is 2.68. The average Bonchev–Trinajstić information content (AvgIpc) is 3.29. The second-order valence-electron chi connectivity index (χ2n) is 5.48. The lowest BCUT2D eigenvalue weighted by Crippen LogP contribution is -2.13. The second-order valence-corrected chi connectivity index (χ2v) is 6.43. The van der Waals surface area contributed by atoms with Crippen LogP contribution in [0.4, 0.5) is 11.5 Å². The summed E-state index contributed by atoms with van der Waals surface area (Å²) in [7, 11) is 1.60. The number of hydrogen-bond donors (Lipinski definition) is 2. The van der Waals surface area contributed by atoms with Crippen molar-refractivity contribution in [2.75, 3.05) is 12.4 Å². The molecule has 1 amide bonds. The molecular formula is C18H15N5O2S. The smallest absolute Gasteiger partial charge is 0.256 e. The maximum atomic E-state index is 12.1. The molecule has 0 aliphatic rings. The molecule has 4 rings (SSSR count). The minimum absolute atomic E-state index is 0.249. The van der Waals surface area contributed by atoms with E-state index in [1.165, 1.54) is 0 Å². The van der Waals surface area contributed by atoms with Crippen LogP contribution in [0.25, 0.3) is 16.2 Å². The van der Waals surface area contributed by atoms with Gasteiger partial charge in [-0.3, -0.25) is 4.79 Å². The molecule has 1 aromatic carbocycles. The normalized spacial score (nSPS) is 10.8. The predicted octanol–water partition coefficient (Wildman–Crippen LogP) is 3.31. The SMILES string of the molecule is COc1ccc(Nc2nn3c(-c4cccs4)ccnc3c2C(N)=O)cc1. The molecule has 0 bridgehead atoms. The third-order valence-corrected chi connectivity index (χ3v) is 4.78. The molecule has 0 saturated carbocycles. The van der Waals surface area contributed by atoms with Crippen molar-refractivity contribution in [1.29, 1.82) is 0 Å². The molecule has 0 aliphatic carbocycles. The molecule has 0 radical (unpaired) electrons. The van der Waals surface area contributed by atoms with Crippen LogP contribution in [0.2, 0.25) is 0 Å². The van der Waals surface area contributed by atoms with Crippen molar-refractivity contribution in [3.63, 3.8) is 0 Å². The molecule has 0 atom stereocenters. The number of ether oxygens (including phenoxy) is 1. The van der Waals surface area contributed by atoms with Crippen LogP contribution >= 0.6 is 11.3 Å². The Bertz CT molecular complexity index is 1070. The molecule has 3 heterocycles. The van der Waals surface area contributed by atoms with Gasteiger partial charge < -0.3 is 15.8 Å². The summed E-state index contributed by atoms with van der Waals surface area (Å²) in [4.78, 5) is 17.4. The third kappa shape index (κ3) is 2.76. The van der Waals surface area contributed by atoms with Crippen molar-refractivity contribution in [2.45, 2.75) is 0 Å². The molecule has 130 valence electrons. The molecule has 3 aromatic heterocycles. The predicted molar refractivity (Wildman–Crippen MR) is 101 cm³/mol. The summed E-state index contributed by atoms with van der Waals surface area (Å²) in [5.74, 6) is 0.508. The zero-order chi connectivity index (χ0) is 18.1. The summed E-state index contributed by atoms with van der Waals surface area (Å²) >= 11 is 1.58. The number of thiophene rings is 1. The van der Waals surface area contributed by atoms with Crippen LogP contribution < -0.4 is 15.8 Å². The summed E-state index contributed by atoms with van der Waals surface area (Å²) in [5, 5.41) is 9.67. The number of hydrogen-bond acceptors (Lipinski definition) is 6. The van der Waals surface area contributed by atoms with E-state index < -0.39 is 5.91 Å². The van der Waals surface area contributed by atoms with Crippen molar-refractivity contribution in [2.24, 2.45) is 5.73 Å². The number of primary amides is 1. The van der Waals surface area contributed by atoms with Crippen molar-refractivity contribution >= 4 is 34.4 Å². The molecule has 8 heteroatoms. The van der Waals surface area contributed by atoms with E-state index in [2.05, 4.69) is 15.4 Å². The quantitative estimate of drug-likeness (QED) is 0.566. The van der Waals surface area contributed by atoms with E-state index in [0.29, 0.717) is 11.5 Å². The van der Waals surface area contributed by atoms with Gasteiger partial charge in [-0.25, -0.2) is 9.50 Å². The Morgan fingerprint density at radius 1 is 1.23 bits per heavy atom. The van der Waals surface area contributed by atoms with Gasteiger partial charge in [0.25, 0.3) is 5.91 Å². The van der Waals surface area contributed by atoms with Gasteiger partial charge in [0, 0.05) is 11.9 Å². The van der Waals surface area contributed by atoms with E-state index in [9.17, 15) is 4.79 Å². The van der Waals surface area contributed by atoms with Gasteiger partial charge in [-0.1, -0.05) is 6.07 Å². The van der Waals surface area contributed by atoms with Crippen LogP contribution in [0.15, 0.2) is 54.0 Å². The summed E-state index contributed by atoms with van der Waals surface area (Å²) in [5.41, 5.74) is 7.87. The van der Waals surface area contributed by atoms with Gasteiger partial charge in [0.1, 0.15) is 11.3 Å². The van der Waals surface area contributed by atoms with Crippen LogP contribution in [0.5, 0.6) is 5.75 Å². The number of nitrogens with zero attached hydrogens (tertiary/aromatic N) is 3. The molecule has 4 aromatic rings. The van der Waals surface area contributed by atoms with Crippen LogP contribution in [0.3, 0.4) is 0 Å². The Kier molecular flexibility index (Phi) is 4.02.